The first-order chi connectivity index (χ1) is 7.43. The first-order valence-electron chi connectivity index (χ1n) is 4.58. The SMILES string of the molecule is CC1(C)OC(=O)C=C(CC(=O)CN=[N+]=[N-])O1. The molecule has 1 rings (SSSR count). The van der Waals surface area contributed by atoms with E-state index in [1.807, 2.05) is 0 Å². The highest BCUT2D eigenvalue weighted by Crippen LogP contribution is 2.23. The standard InChI is InChI=1S/C9H11N3O4/c1-9(2)15-7(4-8(14)16-9)3-6(13)5-11-12-10/h4H,3,5H2,1-2H3. The van der Waals surface area contributed by atoms with Crippen molar-refractivity contribution >= 4 is 11.8 Å². The minimum absolute atomic E-state index is 0.0858. The van der Waals surface area contributed by atoms with E-state index in [4.69, 9.17) is 15.0 Å². The molecule has 7 nitrogen and oxygen atoms in total. The molecule has 0 unspecified atom stereocenters. The minimum atomic E-state index is -1.07. The molecule has 86 valence electrons. The molecule has 1 aliphatic rings. The van der Waals surface area contributed by atoms with Gasteiger partial charge in [-0.3, -0.25) is 4.79 Å². The number of nitrogens with zero attached hydrogens (tertiary/aromatic N) is 3. The minimum Gasteiger partial charge on any atom is -0.456 e. The third-order valence-electron chi connectivity index (χ3n) is 1.68. The third-order valence-corrected chi connectivity index (χ3v) is 1.68. The number of esters is 1. The van der Waals surface area contributed by atoms with Gasteiger partial charge in [-0.25, -0.2) is 4.79 Å². The van der Waals surface area contributed by atoms with Crippen LogP contribution >= 0.6 is 0 Å². The Balaban J connectivity index is 2.64. The van der Waals surface area contributed by atoms with Crippen LogP contribution in [-0.4, -0.2) is 24.1 Å². The number of carbonyl (C=O) groups is 2. The van der Waals surface area contributed by atoms with Gasteiger partial charge in [0.25, 0.3) is 0 Å². The number of rotatable bonds is 4. The second kappa shape index (κ2) is 4.67. The lowest BCUT2D eigenvalue weighted by atomic mass is 10.2. The van der Waals surface area contributed by atoms with Gasteiger partial charge in [0.15, 0.2) is 0 Å². The van der Waals surface area contributed by atoms with Crippen LogP contribution in [-0.2, 0) is 19.1 Å². The zero-order valence-corrected chi connectivity index (χ0v) is 8.97. The molecule has 0 fully saturated rings. The summed E-state index contributed by atoms with van der Waals surface area (Å²) in [5.74, 6) is -1.73. The molecule has 1 aliphatic heterocycles. The molecular weight excluding hydrogens is 214 g/mol. The maximum Gasteiger partial charge on any atom is 0.337 e. The number of allylic oxidation sites excluding steroid dienone is 1. The summed E-state index contributed by atoms with van der Waals surface area (Å²) in [5, 5.41) is 3.12. The Morgan fingerprint density at radius 2 is 2.25 bits per heavy atom. The molecule has 0 atom stereocenters. The van der Waals surface area contributed by atoms with E-state index in [9.17, 15) is 9.59 Å². The predicted octanol–water partition coefficient (Wildman–Crippen LogP) is 1.45. The molecule has 0 aromatic rings. The number of Topliss-reactive ketones (excluding diaryl/α,β-unsaturated/α-hetero) is 1. The molecule has 0 saturated carbocycles. The number of hydrogen-bond donors (Lipinski definition) is 0. The average molecular weight is 225 g/mol. The van der Waals surface area contributed by atoms with Crippen LogP contribution in [0.4, 0.5) is 0 Å². The molecule has 0 amide bonds. The van der Waals surface area contributed by atoms with Gasteiger partial charge >= 0.3 is 5.97 Å². The van der Waals surface area contributed by atoms with Gasteiger partial charge in [0.1, 0.15) is 11.5 Å². The quantitative estimate of drug-likeness (QED) is 0.312. The number of hydrogen-bond acceptors (Lipinski definition) is 5. The molecule has 0 aliphatic carbocycles. The van der Waals surface area contributed by atoms with E-state index in [2.05, 4.69) is 10.0 Å². The summed E-state index contributed by atoms with van der Waals surface area (Å²) in [6, 6.07) is 0. The molecule has 0 N–H and O–H groups in total. The van der Waals surface area contributed by atoms with Crippen molar-refractivity contribution in [2.75, 3.05) is 6.54 Å². The van der Waals surface area contributed by atoms with Crippen molar-refractivity contribution in [3.8, 4) is 0 Å². The van der Waals surface area contributed by atoms with Gasteiger partial charge in [-0.2, -0.15) is 0 Å². The fourth-order valence-corrected chi connectivity index (χ4v) is 1.22. The Morgan fingerprint density at radius 1 is 1.56 bits per heavy atom. The van der Waals surface area contributed by atoms with Gasteiger partial charge in [-0.1, -0.05) is 5.11 Å². The van der Waals surface area contributed by atoms with E-state index in [1.165, 1.54) is 0 Å². The number of ketones is 1. The molecule has 0 spiro atoms. The van der Waals surface area contributed by atoms with Crippen molar-refractivity contribution < 1.29 is 19.1 Å². The molecule has 0 saturated heterocycles. The monoisotopic (exact) mass is 225 g/mol. The van der Waals surface area contributed by atoms with E-state index < -0.39 is 11.8 Å². The Hall–Kier alpha value is -2.01. The summed E-state index contributed by atoms with van der Waals surface area (Å²) in [6.07, 6.45) is 1.02. The highest BCUT2D eigenvalue weighted by atomic mass is 16.7. The summed E-state index contributed by atoms with van der Waals surface area (Å²) >= 11 is 0. The second-order valence-corrected chi connectivity index (χ2v) is 3.64. The Morgan fingerprint density at radius 3 is 2.81 bits per heavy atom. The van der Waals surface area contributed by atoms with Crippen LogP contribution in [0.25, 0.3) is 10.4 Å². The lowest BCUT2D eigenvalue weighted by Gasteiger charge is -2.30. The van der Waals surface area contributed by atoms with Crippen LogP contribution in [0, 0.1) is 0 Å². The Bertz CT molecular complexity index is 394. The van der Waals surface area contributed by atoms with E-state index in [1.54, 1.807) is 13.8 Å². The summed E-state index contributed by atoms with van der Waals surface area (Å²) in [5.41, 5.74) is 8.03. The number of cyclic esters (lactones) is 1. The van der Waals surface area contributed by atoms with E-state index in [0.29, 0.717) is 0 Å². The van der Waals surface area contributed by atoms with Crippen molar-refractivity contribution in [1.82, 2.24) is 0 Å². The highest BCUT2D eigenvalue weighted by Gasteiger charge is 2.30. The normalized spacial score (nSPS) is 17.6. The molecule has 7 heteroatoms. The molecular formula is C9H11N3O4. The van der Waals surface area contributed by atoms with Gasteiger partial charge < -0.3 is 9.47 Å². The molecule has 16 heavy (non-hydrogen) atoms. The summed E-state index contributed by atoms with van der Waals surface area (Å²) in [4.78, 5) is 24.8. The van der Waals surface area contributed by atoms with Crippen LogP contribution in [0.1, 0.15) is 20.3 Å². The average Bonchev–Trinajstić information content (AvgIpc) is 2.11. The Labute approximate surface area is 91.6 Å². The van der Waals surface area contributed by atoms with Gasteiger partial charge in [0.05, 0.1) is 19.0 Å². The van der Waals surface area contributed by atoms with E-state index in [-0.39, 0.29) is 24.5 Å². The van der Waals surface area contributed by atoms with Gasteiger partial charge in [0.2, 0.25) is 5.79 Å². The predicted molar refractivity (Wildman–Crippen MR) is 53.0 cm³/mol. The number of ether oxygens (including phenoxy) is 2. The van der Waals surface area contributed by atoms with Crippen LogP contribution in [0.2, 0.25) is 0 Å². The van der Waals surface area contributed by atoms with Crippen molar-refractivity contribution in [2.45, 2.75) is 26.1 Å². The third kappa shape index (κ3) is 3.62. The maximum atomic E-state index is 11.3. The first-order valence-corrected chi connectivity index (χ1v) is 4.58. The lowest BCUT2D eigenvalue weighted by molar-refractivity contribution is -0.205. The maximum absolute atomic E-state index is 11.3. The summed E-state index contributed by atoms with van der Waals surface area (Å²) in [7, 11) is 0. The van der Waals surface area contributed by atoms with E-state index >= 15 is 0 Å². The van der Waals surface area contributed by atoms with Gasteiger partial charge in [0, 0.05) is 18.8 Å². The smallest absolute Gasteiger partial charge is 0.337 e. The number of azide groups is 1. The van der Waals surface area contributed by atoms with Crippen LogP contribution in [0.5, 0.6) is 0 Å². The van der Waals surface area contributed by atoms with Gasteiger partial charge in [-0.05, 0) is 5.53 Å². The van der Waals surface area contributed by atoms with Crippen LogP contribution < -0.4 is 0 Å². The van der Waals surface area contributed by atoms with E-state index in [0.717, 1.165) is 6.08 Å². The van der Waals surface area contributed by atoms with Gasteiger partial charge in [-0.15, -0.1) is 0 Å². The summed E-state index contributed by atoms with van der Waals surface area (Å²) in [6.45, 7) is 2.87. The van der Waals surface area contributed by atoms with Crippen molar-refractivity contribution in [3.05, 3.63) is 22.3 Å². The lowest BCUT2D eigenvalue weighted by Crippen LogP contribution is -2.34. The molecule has 1 heterocycles. The highest BCUT2D eigenvalue weighted by molar-refractivity contribution is 5.87. The largest absolute Gasteiger partial charge is 0.456 e. The topological polar surface area (TPSA) is 101 Å². The molecule has 0 bridgehead atoms. The molecule has 0 aromatic carbocycles. The zero-order chi connectivity index (χ0) is 12.2. The van der Waals surface area contributed by atoms with Crippen molar-refractivity contribution in [2.24, 2.45) is 5.11 Å². The fourth-order valence-electron chi connectivity index (χ4n) is 1.22. The zero-order valence-electron chi connectivity index (χ0n) is 8.97. The number of carbonyl (C=O) groups excluding carboxylic acids is 2. The molecule has 0 aromatic heterocycles. The van der Waals surface area contributed by atoms with Crippen molar-refractivity contribution in [1.29, 1.82) is 0 Å². The fraction of sp³-hybridized carbons (Fsp3) is 0.556. The van der Waals surface area contributed by atoms with Crippen LogP contribution in [0.15, 0.2) is 16.9 Å². The van der Waals surface area contributed by atoms with Crippen LogP contribution in [0.3, 0.4) is 0 Å². The Kier molecular flexibility index (Phi) is 3.52. The van der Waals surface area contributed by atoms with Crippen molar-refractivity contribution in [3.63, 3.8) is 0 Å². The molecule has 0 radical (unpaired) electrons. The first kappa shape index (κ1) is 12.1. The summed E-state index contributed by atoms with van der Waals surface area (Å²) < 4.78 is 10.1. The second-order valence-electron chi connectivity index (χ2n) is 3.64.